The minimum absolute atomic E-state index is 0.109. The van der Waals surface area contributed by atoms with Crippen LogP contribution in [0.1, 0.15) is 24.0 Å². The van der Waals surface area contributed by atoms with Gasteiger partial charge in [-0.05, 0) is 48.6 Å². The van der Waals surface area contributed by atoms with E-state index in [1.807, 2.05) is 25.1 Å². The lowest BCUT2D eigenvalue weighted by Gasteiger charge is -2.11. The number of halogens is 3. The Balaban J connectivity index is 1.41. The van der Waals surface area contributed by atoms with Gasteiger partial charge in [-0.1, -0.05) is 72.3 Å². The second kappa shape index (κ2) is 11.6. The molecule has 0 amide bonds. The normalized spacial score (nSPS) is 10.8. The van der Waals surface area contributed by atoms with Crippen molar-refractivity contribution in [1.82, 2.24) is 0 Å². The van der Waals surface area contributed by atoms with Crippen molar-refractivity contribution in [3.05, 3.63) is 120 Å². The fourth-order valence-corrected chi connectivity index (χ4v) is 3.78. The number of ether oxygens (including phenoxy) is 2. The number of hydrogen-bond acceptors (Lipinski definition) is 2. The minimum Gasteiger partial charge on any atom is -0.493 e. The van der Waals surface area contributed by atoms with E-state index in [2.05, 4.69) is 6.58 Å². The Bertz CT molecular complexity index is 1330. The summed E-state index contributed by atoms with van der Waals surface area (Å²) in [7, 11) is 0. The minimum atomic E-state index is -0.897. The van der Waals surface area contributed by atoms with E-state index < -0.39 is 17.5 Å². The highest BCUT2D eigenvalue weighted by molar-refractivity contribution is 5.72. The number of aryl methyl sites for hydroxylation is 1. The maximum atomic E-state index is 14.9. The van der Waals surface area contributed by atoms with E-state index in [-0.39, 0.29) is 23.5 Å². The zero-order chi connectivity index (χ0) is 25.5. The zero-order valence-electron chi connectivity index (χ0n) is 20.1. The molecule has 0 aliphatic carbocycles. The molecule has 36 heavy (non-hydrogen) atoms. The molecular weight excluding hydrogens is 461 g/mol. The Hall–Kier alpha value is -3.99. The first kappa shape index (κ1) is 25.1. The van der Waals surface area contributed by atoms with Gasteiger partial charge in [0.15, 0.2) is 23.2 Å². The van der Waals surface area contributed by atoms with Crippen LogP contribution in [0.2, 0.25) is 0 Å². The molecule has 0 aliphatic heterocycles. The quantitative estimate of drug-likeness (QED) is 0.164. The molecule has 0 atom stereocenters. The smallest absolute Gasteiger partial charge is 0.168 e. The van der Waals surface area contributed by atoms with Crippen molar-refractivity contribution in [2.45, 2.75) is 26.4 Å². The Morgan fingerprint density at radius 3 is 1.94 bits per heavy atom. The lowest BCUT2D eigenvalue weighted by atomic mass is 9.98. The molecule has 0 bridgehead atoms. The second-order valence-electron chi connectivity index (χ2n) is 8.51. The monoisotopic (exact) mass is 488 g/mol. The Morgan fingerprint density at radius 1 is 0.750 bits per heavy atom. The topological polar surface area (TPSA) is 18.5 Å². The molecule has 0 spiro atoms. The third-order valence-electron chi connectivity index (χ3n) is 5.83. The van der Waals surface area contributed by atoms with Crippen LogP contribution in [0.4, 0.5) is 13.2 Å². The SMILES string of the molecule is C=CCCCOc1ccc(OCc2ccc(-c3ccc(-c4ccc(C)cc4)c(F)c3F)cc2)c(F)c1. The molecule has 0 aliphatic rings. The van der Waals surface area contributed by atoms with Crippen LogP contribution >= 0.6 is 0 Å². The van der Waals surface area contributed by atoms with E-state index in [0.29, 0.717) is 23.5 Å². The molecule has 0 saturated heterocycles. The first-order chi connectivity index (χ1) is 17.5. The molecule has 2 nitrogen and oxygen atoms in total. The van der Waals surface area contributed by atoms with Crippen LogP contribution in [0.3, 0.4) is 0 Å². The molecule has 0 saturated carbocycles. The van der Waals surface area contributed by atoms with Gasteiger partial charge in [0.2, 0.25) is 0 Å². The van der Waals surface area contributed by atoms with Crippen LogP contribution in [0.15, 0.2) is 91.5 Å². The average Bonchev–Trinajstić information content (AvgIpc) is 2.89. The summed E-state index contributed by atoms with van der Waals surface area (Å²) in [6.45, 7) is 6.20. The number of hydrogen-bond donors (Lipinski definition) is 0. The molecule has 0 aromatic heterocycles. The summed E-state index contributed by atoms with van der Waals surface area (Å²) in [5.74, 6) is -1.74. The largest absolute Gasteiger partial charge is 0.493 e. The lowest BCUT2D eigenvalue weighted by molar-refractivity contribution is 0.284. The van der Waals surface area contributed by atoms with Crippen molar-refractivity contribution in [2.75, 3.05) is 6.61 Å². The molecule has 0 heterocycles. The Morgan fingerprint density at radius 2 is 1.36 bits per heavy atom. The van der Waals surface area contributed by atoms with E-state index >= 15 is 0 Å². The van der Waals surface area contributed by atoms with Gasteiger partial charge >= 0.3 is 0 Å². The van der Waals surface area contributed by atoms with Crippen LogP contribution < -0.4 is 9.47 Å². The van der Waals surface area contributed by atoms with Gasteiger partial charge in [-0.2, -0.15) is 0 Å². The van der Waals surface area contributed by atoms with E-state index in [1.165, 1.54) is 12.1 Å². The van der Waals surface area contributed by atoms with E-state index in [9.17, 15) is 13.2 Å². The average molecular weight is 489 g/mol. The van der Waals surface area contributed by atoms with Crippen molar-refractivity contribution in [3.63, 3.8) is 0 Å². The molecule has 0 unspecified atom stereocenters. The van der Waals surface area contributed by atoms with Gasteiger partial charge in [-0.15, -0.1) is 6.58 Å². The molecule has 0 fully saturated rings. The molecule has 0 radical (unpaired) electrons. The molecule has 4 aromatic rings. The standard InChI is InChI=1S/C31H27F3O2/c1-3-4-5-18-35-25-14-17-29(28(32)19-25)36-20-22-8-12-24(13-9-22)27-16-15-26(30(33)31(27)34)23-10-6-21(2)7-11-23/h3,6-17,19H,1,4-5,18,20H2,2H3. The van der Waals surface area contributed by atoms with Gasteiger partial charge in [0.05, 0.1) is 6.61 Å². The van der Waals surface area contributed by atoms with Crippen molar-refractivity contribution >= 4 is 0 Å². The third kappa shape index (κ3) is 5.98. The Kier molecular flexibility index (Phi) is 8.11. The van der Waals surface area contributed by atoms with Crippen molar-refractivity contribution < 1.29 is 22.6 Å². The summed E-state index contributed by atoms with van der Waals surface area (Å²) < 4.78 is 55.3. The van der Waals surface area contributed by atoms with E-state index in [1.54, 1.807) is 54.6 Å². The van der Waals surface area contributed by atoms with Crippen LogP contribution in [-0.4, -0.2) is 6.61 Å². The zero-order valence-corrected chi connectivity index (χ0v) is 20.1. The van der Waals surface area contributed by atoms with Gasteiger partial charge in [0.25, 0.3) is 0 Å². The number of allylic oxidation sites excluding steroid dienone is 1. The molecule has 5 heteroatoms. The molecule has 0 N–H and O–H groups in total. The lowest BCUT2D eigenvalue weighted by Crippen LogP contribution is -2.00. The van der Waals surface area contributed by atoms with Gasteiger partial charge in [-0.25, -0.2) is 13.2 Å². The van der Waals surface area contributed by atoms with Gasteiger partial charge in [-0.3, -0.25) is 0 Å². The van der Waals surface area contributed by atoms with Crippen LogP contribution in [-0.2, 0) is 6.61 Å². The summed E-state index contributed by atoms with van der Waals surface area (Å²) in [6, 6.07) is 21.8. The van der Waals surface area contributed by atoms with Gasteiger partial charge in [0.1, 0.15) is 12.4 Å². The molecule has 4 aromatic carbocycles. The third-order valence-corrected chi connectivity index (χ3v) is 5.83. The van der Waals surface area contributed by atoms with Crippen LogP contribution in [0, 0.1) is 24.4 Å². The number of rotatable bonds is 10. The summed E-state index contributed by atoms with van der Waals surface area (Å²) in [5, 5.41) is 0. The van der Waals surface area contributed by atoms with E-state index in [0.717, 1.165) is 24.0 Å². The summed E-state index contributed by atoms with van der Waals surface area (Å²) in [5.41, 5.74) is 3.36. The van der Waals surface area contributed by atoms with Crippen molar-refractivity contribution in [1.29, 1.82) is 0 Å². The molecule has 4 rings (SSSR count). The van der Waals surface area contributed by atoms with E-state index in [4.69, 9.17) is 9.47 Å². The Labute approximate surface area is 209 Å². The predicted octanol–water partition coefficient (Wildman–Crippen LogP) is 8.67. The summed E-state index contributed by atoms with van der Waals surface area (Å²) in [4.78, 5) is 0. The highest BCUT2D eigenvalue weighted by Gasteiger charge is 2.16. The fraction of sp³-hybridized carbons (Fsp3) is 0.161. The first-order valence-corrected chi connectivity index (χ1v) is 11.8. The maximum absolute atomic E-state index is 14.9. The fourth-order valence-electron chi connectivity index (χ4n) is 3.78. The molecular formula is C31H27F3O2. The first-order valence-electron chi connectivity index (χ1n) is 11.8. The van der Waals surface area contributed by atoms with Crippen LogP contribution in [0.25, 0.3) is 22.3 Å². The number of benzene rings is 4. The van der Waals surface area contributed by atoms with Crippen LogP contribution in [0.5, 0.6) is 11.5 Å². The highest BCUT2D eigenvalue weighted by Crippen LogP contribution is 2.32. The van der Waals surface area contributed by atoms with Gasteiger partial charge < -0.3 is 9.47 Å². The van der Waals surface area contributed by atoms with Gasteiger partial charge in [0, 0.05) is 17.2 Å². The highest BCUT2D eigenvalue weighted by atomic mass is 19.2. The summed E-state index contributed by atoms with van der Waals surface area (Å²) >= 11 is 0. The van der Waals surface area contributed by atoms with Crippen molar-refractivity contribution in [3.8, 4) is 33.8 Å². The maximum Gasteiger partial charge on any atom is 0.168 e. The second-order valence-corrected chi connectivity index (χ2v) is 8.51. The van der Waals surface area contributed by atoms with Crippen molar-refractivity contribution in [2.24, 2.45) is 0 Å². The predicted molar refractivity (Wildman–Crippen MR) is 138 cm³/mol. The summed E-state index contributed by atoms with van der Waals surface area (Å²) in [6.07, 6.45) is 3.46. The number of unbranched alkanes of at least 4 members (excludes halogenated alkanes) is 1. The molecule has 184 valence electrons.